The molecule has 0 aliphatic carbocycles. The molecule has 0 radical (unpaired) electrons. The minimum atomic E-state index is -1.63. The number of hydrogen-bond donors (Lipinski definition) is 5. The summed E-state index contributed by atoms with van der Waals surface area (Å²) in [6.07, 6.45) is -1.50. The minimum Gasteiger partial charge on any atom is -0.479 e. The van der Waals surface area contributed by atoms with Gasteiger partial charge in [0.05, 0.1) is 6.54 Å². The molecule has 1 atom stereocenters. The Kier molecular flexibility index (Phi) is 6.61. The second kappa shape index (κ2) is 7.46. The van der Waals surface area contributed by atoms with Crippen molar-refractivity contribution >= 4 is 17.9 Å². The first-order valence-electron chi connectivity index (χ1n) is 4.60. The molecule has 0 aliphatic heterocycles. The molecule has 0 saturated heterocycles. The Labute approximate surface area is 92.0 Å². The van der Waals surface area contributed by atoms with Gasteiger partial charge in [-0.2, -0.15) is 0 Å². The van der Waals surface area contributed by atoms with E-state index in [9.17, 15) is 14.4 Å². The van der Waals surface area contributed by atoms with Crippen LogP contribution in [0.25, 0.3) is 0 Å². The molecule has 8 heteroatoms. The van der Waals surface area contributed by atoms with Crippen LogP contribution in [0.15, 0.2) is 0 Å². The molecule has 0 aromatic rings. The van der Waals surface area contributed by atoms with Crippen molar-refractivity contribution in [3.8, 4) is 0 Å². The van der Waals surface area contributed by atoms with E-state index in [2.05, 4.69) is 16.0 Å². The summed E-state index contributed by atoms with van der Waals surface area (Å²) in [5, 5.41) is 24.0. The molecule has 0 spiro atoms. The zero-order valence-corrected chi connectivity index (χ0v) is 8.82. The van der Waals surface area contributed by atoms with E-state index in [1.54, 1.807) is 0 Å². The summed E-state index contributed by atoms with van der Waals surface area (Å²) in [7, 11) is 1.48. The Morgan fingerprint density at radius 1 is 1.25 bits per heavy atom. The monoisotopic (exact) mass is 233 g/mol. The molecule has 5 N–H and O–H groups in total. The van der Waals surface area contributed by atoms with Crippen LogP contribution in [0, 0.1) is 0 Å². The maximum absolute atomic E-state index is 11.0. The van der Waals surface area contributed by atoms with Crippen LogP contribution in [0.1, 0.15) is 6.42 Å². The molecule has 0 saturated carbocycles. The third-order valence-electron chi connectivity index (χ3n) is 1.66. The van der Waals surface area contributed by atoms with E-state index in [0.29, 0.717) is 0 Å². The van der Waals surface area contributed by atoms with E-state index in [-0.39, 0.29) is 25.4 Å². The fourth-order valence-electron chi connectivity index (χ4n) is 0.754. The number of nitrogens with one attached hydrogen (secondary N) is 3. The average Bonchev–Trinajstić information content (AvgIpc) is 2.25. The van der Waals surface area contributed by atoms with Gasteiger partial charge in [0.25, 0.3) is 0 Å². The number of rotatable bonds is 6. The summed E-state index contributed by atoms with van der Waals surface area (Å²) in [5.41, 5.74) is 0. The molecule has 0 fully saturated rings. The molecule has 8 nitrogen and oxygen atoms in total. The Morgan fingerprint density at radius 2 is 1.88 bits per heavy atom. The number of hydrogen-bond acceptors (Lipinski definition) is 4. The fourth-order valence-corrected chi connectivity index (χ4v) is 0.754. The van der Waals surface area contributed by atoms with Gasteiger partial charge in [-0.05, 0) is 0 Å². The molecule has 0 heterocycles. The molecule has 1 unspecified atom stereocenters. The fraction of sp³-hybridized carbons (Fsp3) is 0.625. The van der Waals surface area contributed by atoms with E-state index >= 15 is 0 Å². The van der Waals surface area contributed by atoms with Crippen LogP contribution in [-0.2, 0) is 9.59 Å². The minimum absolute atomic E-state index is 0.130. The first-order valence-corrected chi connectivity index (χ1v) is 4.60. The maximum Gasteiger partial charge on any atom is 0.334 e. The molecule has 0 aromatic carbocycles. The zero-order chi connectivity index (χ0) is 12.6. The number of aliphatic carboxylic acids is 1. The topological polar surface area (TPSA) is 128 Å². The third-order valence-corrected chi connectivity index (χ3v) is 1.66. The van der Waals surface area contributed by atoms with Crippen LogP contribution in [0.2, 0.25) is 0 Å². The van der Waals surface area contributed by atoms with Crippen molar-refractivity contribution in [2.75, 3.05) is 20.1 Å². The van der Waals surface area contributed by atoms with Gasteiger partial charge in [0.1, 0.15) is 0 Å². The number of aliphatic hydroxyl groups excluding tert-OH is 1. The Balaban J connectivity index is 3.60. The van der Waals surface area contributed by atoms with Crippen LogP contribution >= 0.6 is 0 Å². The van der Waals surface area contributed by atoms with Crippen LogP contribution in [0.3, 0.4) is 0 Å². The summed E-state index contributed by atoms with van der Waals surface area (Å²) in [5.74, 6) is -1.63. The summed E-state index contributed by atoms with van der Waals surface area (Å²) in [6, 6.07) is -0.635. The normalized spacial score (nSPS) is 11.4. The van der Waals surface area contributed by atoms with Gasteiger partial charge in [0.2, 0.25) is 5.91 Å². The van der Waals surface area contributed by atoms with E-state index in [0.717, 1.165) is 0 Å². The SMILES string of the molecule is CNC(=O)CCNC(=O)NCC(O)C(=O)O. The van der Waals surface area contributed by atoms with Crippen molar-refractivity contribution in [1.29, 1.82) is 0 Å². The number of carbonyl (C=O) groups is 3. The number of carbonyl (C=O) groups excluding carboxylic acids is 2. The van der Waals surface area contributed by atoms with Gasteiger partial charge in [-0.25, -0.2) is 9.59 Å². The average molecular weight is 233 g/mol. The van der Waals surface area contributed by atoms with Crippen LogP contribution < -0.4 is 16.0 Å². The Bertz CT molecular complexity index is 268. The van der Waals surface area contributed by atoms with Crippen molar-refractivity contribution in [2.24, 2.45) is 0 Å². The second-order valence-electron chi connectivity index (χ2n) is 2.91. The first kappa shape index (κ1) is 14.2. The lowest BCUT2D eigenvalue weighted by atomic mass is 10.3. The first-order chi connectivity index (χ1) is 7.47. The van der Waals surface area contributed by atoms with Gasteiger partial charge in [-0.1, -0.05) is 0 Å². The van der Waals surface area contributed by atoms with Gasteiger partial charge in [0, 0.05) is 20.0 Å². The predicted octanol–water partition coefficient (Wildman–Crippen LogP) is -2.13. The van der Waals surface area contributed by atoms with E-state index in [4.69, 9.17) is 10.2 Å². The van der Waals surface area contributed by atoms with E-state index < -0.39 is 18.1 Å². The molecule has 0 rings (SSSR count). The zero-order valence-electron chi connectivity index (χ0n) is 8.82. The highest BCUT2D eigenvalue weighted by molar-refractivity contribution is 5.78. The maximum atomic E-state index is 11.0. The third kappa shape index (κ3) is 6.60. The predicted molar refractivity (Wildman–Crippen MR) is 53.7 cm³/mol. The van der Waals surface area contributed by atoms with Gasteiger partial charge >= 0.3 is 12.0 Å². The molecular formula is C8H15N3O5. The van der Waals surface area contributed by atoms with Gasteiger partial charge in [0.15, 0.2) is 6.10 Å². The number of carboxylic acids is 1. The van der Waals surface area contributed by atoms with Crippen LogP contribution in [0.4, 0.5) is 4.79 Å². The lowest BCUT2D eigenvalue weighted by molar-refractivity contribution is -0.146. The van der Waals surface area contributed by atoms with Crippen molar-refractivity contribution < 1.29 is 24.6 Å². The number of carboxylic acid groups (broad SMARTS) is 1. The van der Waals surface area contributed by atoms with Crippen LogP contribution in [-0.4, -0.2) is 54.4 Å². The summed E-state index contributed by atoms with van der Waals surface area (Å²) >= 11 is 0. The van der Waals surface area contributed by atoms with Crippen molar-refractivity contribution in [1.82, 2.24) is 16.0 Å². The number of urea groups is 1. The van der Waals surface area contributed by atoms with E-state index in [1.165, 1.54) is 7.05 Å². The van der Waals surface area contributed by atoms with Gasteiger partial charge in [-0.3, -0.25) is 4.79 Å². The van der Waals surface area contributed by atoms with Gasteiger partial charge < -0.3 is 26.2 Å². The summed E-state index contributed by atoms with van der Waals surface area (Å²) < 4.78 is 0. The smallest absolute Gasteiger partial charge is 0.334 e. The molecule has 0 bridgehead atoms. The Hall–Kier alpha value is -1.83. The Morgan fingerprint density at radius 3 is 2.38 bits per heavy atom. The van der Waals surface area contributed by atoms with Crippen molar-refractivity contribution in [3.63, 3.8) is 0 Å². The van der Waals surface area contributed by atoms with E-state index in [1.807, 2.05) is 0 Å². The van der Waals surface area contributed by atoms with Crippen molar-refractivity contribution in [2.45, 2.75) is 12.5 Å². The largest absolute Gasteiger partial charge is 0.479 e. The molecule has 16 heavy (non-hydrogen) atoms. The molecule has 3 amide bonds. The highest BCUT2D eigenvalue weighted by Gasteiger charge is 2.13. The van der Waals surface area contributed by atoms with Crippen molar-refractivity contribution in [3.05, 3.63) is 0 Å². The second-order valence-corrected chi connectivity index (χ2v) is 2.91. The van der Waals surface area contributed by atoms with Gasteiger partial charge in [-0.15, -0.1) is 0 Å². The summed E-state index contributed by atoms with van der Waals surface area (Å²) in [6.45, 7) is -0.254. The number of aliphatic hydroxyl groups is 1. The summed E-state index contributed by atoms with van der Waals surface area (Å²) in [4.78, 5) is 31.9. The molecule has 92 valence electrons. The number of amides is 3. The van der Waals surface area contributed by atoms with Crippen LogP contribution in [0.5, 0.6) is 0 Å². The molecular weight excluding hydrogens is 218 g/mol. The molecule has 0 aliphatic rings. The lowest BCUT2D eigenvalue weighted by Crippen LogP contribution is -2.42. The quantitative estimate of drug-likeness (QED) is 0.358. The highest BCUT2D eigenvalue weighted by Crippen LogP contribution is 1.80. The molecule has 0 aromatic heterocycles. The highest BCUT2D eigenvalue weighted by atomic mass is 16.4. The standard InChI is InChI=1S/C8H15N3O5/c1-9-6(13)2-3-10-8(16)11-4-5(12)7(14)15/h5,12H,2-4H2,1H3,(H,9,13)(H,14,15)(H2,10,11,16). The lowest BCUT2D eigenvalue weighted by Gasteiger charge is -2.08.